The van der Waals surface area contributed by atoms with Crippen LogP contribution in [0.25, 0.3) is 0 Å². The maximum atomic E-state index is 6.10. The molecule has 31 heavy (non-hydrogen) atoms. The summed E-state index contributed by atoms with van der Waals surface area (Å²) in [6.07, 6.45) is 4.95. The predicted octanol–water partition coefficient (Wildman–Crippen LogP) is 3.71. The third-order valence-electron chi connectivity index (χ3n) is 5.51. The minimum Gasteiger partial charge on any atom is -0.497 e. The fraction of sp³-hybridized carbons (Fsp3) is 0.696. The summed E-state index contributed by atoms with van der Waals surface area (Å²) in [4.78, 5) is 7.15. The molecular formula is C23H38IN3O4. The first kappa shape index (κ1) is 26.0. The molecule has 1 aromatic rings. The number of piperidine rings is 1. The van der Waals surface area contributed by atoms with E-state index in [9.17, 15) is 0 Å². The zero-order chi connectivity index (χ0) is 21.2. The smallest absolute Gasteiger partial charge is 0.194 e. The summed E-state index contributed by atoms with van der Waals surface area (Å²) in [7, 11) is 1.66. The summed E-state index contributed by atoms with van der Waals surface area (Å²) in [5.41, 5.74) is 0. The molecule has 2 fully saturated rings. The van der Waals surface area contributed by atoms with Crippen molar-refractivity contribution in [3.05, 3.63) is 24.3 Å². The highest BCUT2D eigenvalue weighted by Crippen LogP contribution is 2.19. The van der Waals surface area contributed by atoms with Crippen LogP contribution >= 0.6 is 24.0 Å². The standard InChI is InChI=1S/C23H37N3O4.HI/c1-4-24-23(25-16-18(2)30-21-9-7-19(27-3)8-10-21)26-13-11-20(12-14-26)29-17-22-6-5-15-28-22;/h7-10,18,20,22H,4-6,11-17H2,1-3H3,(H,24,25);1H. The number of aliphatic imine (C=N–C) groups is 1. The second kappa shape index (κ2) is 14.0. The number of likely N-dealkylation sites (tertiary alicyclic amines) is 1. The molecule has 1 N–H and O–H groups in total. The van der Waals surface area contributed by atoms with Crippen molar-refractivity contribution >= 4 is 29.9 Å². The molecule has 2 unspecified atom stereocenters. The average Bonchev–Trinajstić information content (AvgIpc) is 3.30. The molecule has 0 saturated carbocycles. The minimum atomic E-state index is -0.0145. The first-order valence-electron chi connectivity index (χ1n) is 11.2. The lowest BCUT2D eigenvalue weighted by Gasteiger charge is -2.34. The predicted molar refractivity (Wildman–Crippen MR) is 134 cm³/mol. The molecule has 2 aliphatic rings. The molecule has 0 aliphatic carbocycles. The van der Waals surface area contributed by atoms with E-state index in [1.807, 2.05) is 31.2 Å². The Morgan fingerprint density at radius 2 is 1.90 bits per heavy atom. The number of nitrogens with zero attached hydrogens (tertiary/aromatic N) is 2. The van der Waals surface area contributed by atoms with Gasteiger partial charge in [0.2, 0.25) is 0 Å². The van der Waals surface area contributed by atoms with Gasteiger partial charge in [0.05, 0.1) is 32.5 Å². The largest absolute Gasteiger partial charge is 0.497 e. The van der Waals surface area contributed by atoms with Crippen molar-refractivity contribution in [1.82, 2.24) is 10.2 Å². The van der Waals surface area contributed by atoms with Crippen molar-refractivity contribution in [2.24, 2.45) is 4.99 Å². The first-order chi connectivity index (χ1) is 14.7. The molecule has 2 aliphatic heterocycles. The molecule has 0 spiro atoms. The number of guanidine groups is 1. The van der Waals surface area contributed by atoms with Gasteiger partial charge in [-0.3, -0.25) is 0 Å². The summed E-state index contributed by atoms with van der Waals surface area (Å²) in [5.74, 6) is 2.61. The van der Waals surface area contributed by atoms with Crippen LogP contribution in [0, 0.1) is 0 Å². The van der Waals surface area contributed by atoms with Crippen LogP contribution in [-0.2, 0) is 9.47 Å². The van der Waals surface area contributed by atoms with Crippen LogP contribution in [-0.4, -0.2) is 75.7 Å². The number of hydrogen-bond acceptors (Lipinski definition) is 5. The van der Waals surface area contributed by atoms with Gasteiger partial charge in [-0.15, -0.1) is 24.0 Å². The van der Waals surface area contributed by atoms with Crippen LogP contribution in [0.3, 0.4) is 0 Å². The number of halogens is 1. The SMILES string of the molecule is CCNC(=NCC(C)Oc1ccc(OC)cc1)N1CCC(OCC2CCCO2)CC1.I. The molecule has 2 heterocycles. The second-order valence-corrected chi connectivity index (χ2v) is 7.95. The van der Waals surface area contributed by atoms with E-state index >= 15 is 0 Å². The van der Waals surface area contributed by atoms with Crippen LogP contribution in [0.2, 0.25) is 0 Å². The Balaban J connectivity index is 0.00000341. The minimum absolute atomic E-state index is 0. The van der Waals surface area contributed by atoms with Crippen molar-refractivity contribution in [2.45, 2.75) is 57.8 Å². The fourth-order valence-electron chi connectivity index (χ4n) is 3.82. The zero-order valence-corrected chi connectivity index (χ0v) is 21.4. The highest BCUT2D eigenvalue weighted by molar-refractivity contribution is 14.0. The lowest BCUT2D eigenvalue weighted by Crippen LogP contribution is -2.47. The van der Waals surface area contributed by atoms with Crippen LogP contribution in [0.15, 0.2) is 29.3 Å². The van der Waals surface area contributed by atoms with E-state index in [1.54, 1.807) is 7.11 Å². The molecule has 1 aromatic carbocycles. The summed E-state index contributed by atoms with van der Waals surface area (Å²) in [5, 5.41) is 3.42. The molecule has 0 aromatic heterocycles. The number of methoxy groups -OCH3 is 1. The number of hydrogen-bond donors (Lipinski definition) is 1. The van der Waals surface area contributed by atoms with Gasteiger partial charge < -0.3 is 29.2 Å². The third-order valence-corrected chi connectivity index (χ3v) is 5.51. The second-order valence-electron chi connectivity index (χ2n) is 7.95. The molecule has 2 atom stereocenters. The van der Waals surface area contributed by atoms with Crippen molar-refractivity contribution in [1.29, 1.82) is 0 Å². The van der Waals surface area contributed by atoms with E-state index in [0.29, 0.717) is 18.8 Å². The van der Waals surface area contributed by atoms with Crippen LogP contribution < -0.4 is 14.8 Å². The highest BCUT2D eigenvalue weighted by Gasteiger charge is 2.24. The quantitative estimate of drug-likeness (QED) is 0.289. The Morgan fingerprint density at radius 1 is 1.19 bits per heavy atom. The lowest BCUT2D eigenvalue weighted by molar-refractivity contribution is -0.0367. The Kier molecular flexibility index (Phi) is 11.7. The average molecular weight is 547 g/mol. The van der Waals surface area contributed by atoms with Crippen molar-refractivity contribution in [3.63, 3.8) is 0 Å². The topological polar surface area (TPSA) is 64.6 Å². The number of ether oxygens (including phenoxy) is 4. The third kappa shape index (κ3) is 8.65. The number of rotatable bonds is 9. The van der Waals surface area contributed by atoms with Gasteiger partial charge in [0.25, 0.3) is 0 Å². The van der Waals surface area contributed by atoms with Gasteiger partial charge in [-0.2, -0.15) is 0 Å². The Labute approximate surface area is 203 Å². The van der Waals surface area contributed by atoms with Gasteiger partial charge in [-0.1, -0.05) is 0 Å². The monoisotopic (exact) mass is 547 g/mol. The number of nitrogens with one attached hydrogen (secondary N) is 1. The molecule has 8 heteroatoms. The van der Waals surface area contributed by atoms with Gasteiger partial charge in [0.1, 0.15) is 17.6 Å². The van der Waals surface area contributed by atoms with E-state index in [4.69, 9.17) is 23.9 Å². The van der Waals surface area contributed by atoms with Crippen molar-refractivity contribution in [3.8, 4) is 11.5 Å². The summed E-state index contributed by atoms with van der Waals surface area (Å²) in [6, 6.07) is 7.65. The molecule has 0 radical (unpaired) electrons. The molecule has 0 bridgehead atoms. The molecular weight excluding hydrogens is 509 g/mol. The normalized spacial score (nSPS) is 20.8. The lowest BCUT2D eigenvalue weighted by atomic mass is 10.1. The molecule has 7 nitrogen and oxygen atoms in total. The van der Waals surface area contributed by atoms with Crippen LogP contribution in [0.1, 0.15) is 39.5 Å². The summed E-state index contributed by atoms with van der Waals surface area (Å²) >= 11 is 0. The van der Waals surface area contributed by atoms with Gasteiger partial charge in [0, 0.05) is 26.2 Å². The van der Waals surface area contributed by atoms with Gasteiger partial charge in [-0.05, 0) is 63.8 Å². The zero-order valence-electron chi connectivity index (χ0n) is 19.0. The molecule has 2 saturated heterocycles. The van der Waals surface area contributed by atoms with Crippen LogP contribution in [0.5, 0.6) is 11.5 Å². The first-order valence-corrected chi connectivity index (χ1v) is 11.2. The van der Waals surface area contributed by atoms with E-state index in [1.165, 1.54) is 0 Å². The van der Waals surface area contributed by atoms with E-state index < -0.39 is 0 Å². The summed E-state index contributed by atoms with van der Waals surface area (Å²) < 4.78 is 22.9. The Hall–Kier alpha value is -1.26. The van der Waals surface area contributed by atoms with Crippen molar-refractivity contribution < 1.29 is 18.9 Å². The maximum absolute atomic E-state index is 6.10. The number of benzene rings is 1. The summed E-state index contributed by atoms with van der Waals surface area (Å²) in [6.45, 7) is 9.12. The Bertz CT molecular complexity index is 645. The van der Waals surface area contributed by atoms with Gasteiger partial charge >= 0.3 is 0 Å². The van der Waals surface area contributed by atoms with Crippen LogP contribution in [0.4, 0.5) is 0 Å². The fourth-order valence-corrected chi connectivity index (χ4v) is 3.82. The Morgan fingerprint density at radius 3 is 2.52 bits per heavy atom. The van der Waals surface area contributed by atoms with Gasteiger partial charge in [-0.25, -0.2) is 4.99 Å². The molecule has 0 amide bonds. The van der Waals surface area contributed by atoms with Crippen molar-refractivity contribution in [2.75, 3.05) is 46.5 Å². The highest BCUT2D eigenvalue weighted by atomic mass is 127. The molecule has 176 valence electrons. The van der Waals surface area contributed by atoms with E-state index in [-0.39, 0.29) is 30.1 Å². The van der Waals surface area contributed by atoms with Gasteiger partial charge in [0.15, 0.2) is 5.96 Å². The van der Waals surface area contributed by atoms with E-state index in [2.05, 4.69) is 17.1 Å². The molecule has 3 rings (SSSR count). The maximum Gasteiger partial charge on any atom is 0.194 e. The van der Waals surface area contributed by atoms with E-state index in [0.717, 1.165) is 76.0 Å².